The third-order valence-corrected chi connectivity index (χ3v) is 12.3. The standard InChI is InChI=1S/C43H57N7O5S/c1-7-10-11-12-13-16-25-56(54,55)48-30-21-19-29(20-22-30)41-45-42-37(40(43(4,5)6)46-50(42)47-41)36-38(52)35(39(36)53)32-24-23-31(49(8-2)9-3)27-33(32)44-34(51)26-28-17-14-15-18-28/h19-24,27-28,48,52H,7-18,25-26H2,1-6H3,(H,44,51). The predicted molar refractivity (Wildman–Crippen MR) is 224 cm³/mol. The van der Waals surface area contributed by atoms with E-state index in [2.05, 4.69) is 40.8 Å². The molecule has 13 heteroatoms. The number of rotatable bonds is 17. The maximum absolute atomic E-state index is 14.3. The first-order valence-electron chi connectivity index (χ1n) is 20.3. The number of ketones is 1. The monoisotopic (exact) mass is 783 g/mol. The summed E-state index contributed by atoms with van der Waals surface area (Å²) in [6.45, 7) is 13.7. The Kier molecular flexibility index (Phi) is 12.5. The van der Waals surface area contributed by atoms with Crippen molar-refractivity contribution >= 4 is 55.6 Å². The Morgan fingerprint density at radius 1 is 0.929 bits per heavy atom. The van der Waals surface area contributed by atoms with Crippen LogP contribution in [0.3, 0.4) is 0 Å². The second-order valence-corrected chi connectivity index (χ2v) is 18.1. The van der Waals surface area contributed by atoms with Crippen molar-refractivity contribution in [3.05, 3.63) is 64.7 Å². The van der Waals surface area contributed by atoms with Crippen LogP contribution < -0.4 is 20.2 Å². The molecular formula is C43H57N7O5S. The lowest BCUT2D eigenvalue weighted by Crippen LogP contribution is -2.32. The highest BCUT2D eigenvalue weighted by molar-refractivity contribution is 7.92. The van der Waals surface area contributed by atoms with E-state index in [1.54, 1.807) is 30.3 Å². The number of aliphatic hydroxyl groups is 1. The summed E-state index contributed by atoms with van der Waals surface area (Å²) < 4.78 is 29.5. The Bertz CT molecular complexity index is 2260. The van der Waals surface area contributed by atoms with Crippen LogP contribution in [0.5, 0.6) is 0 Å². The first-order valence-corrected chi connectivity index (χ1v) is 22.0. The van der Waals surface area contributed by atoms with Gasteiger partial charge in [-0.3, -0.25) is 14.3 Å². The van der Waals surface area contributed by atoms with Gasteiger partial charge in [0, 0.05) is 47.4 Å². The molecule has 1 fully saturated rings. The normalized spacial score (nSPS) is 16.1. The van der Waals surface area contributed by atoms with Crippen LogP contribution in [0.1, 0.15) is 123 Å². The van der Waals surface area contributed by atoms with Crippen LogP contribution >= 0.6 is 0 Å². The average Bonchev–Trinajstić information content (AvgIpc) is 3.90. The molecule has 0 saturated heterocycles. The third-order valence-electron chi connectivity index (χ3n) is 10.9. The smallest absolute Gasteiger partial charge is 0.232 e. The molecule has 56 heavy (non-hydrogen) atoms. The van der Waals surface area contributed by atoms with Crippen LogP contribution in [-0.4, -0.2) is 63.9 Å². The quantitative estimate of drug-likeness (QED) is 0.0903. The second kappa shape index (κ2) is 17.2. The van der Waals surface area contributed by atoms with Crippen LogP contribution in [0.15, 0.2) is 48.2 Å². The number of anilines is 3. The molecule has 2 aliphatic rings. The van der Waals surface area contributed by atoms with Gasteiger partial charge in [-0.15, -0.1) is 9.73 Å². The summed E-state index contributed by atoms with van der Waals surface area (Å²) in [5.41, 5.74) is 3.55. The van der Waals surface area contributed by atoms with E-state index in [0.29, 0.717) is 63.6 Å². The number of carbonyl (C=O) groups is 2. The molecule has 4 aromatic rings. The molecular weight excluding hydrogens is 727 g/mol. The third kappa shape index (κ3) is 8.93. The molecule has 3 N–H and O–H groups in total. The molecule has 0 atom stereocenters. The van der Waals surface area contributed by atoms with Crippen molar-refractivity contribution in [1.29, 1.82) is 0 Å². The first-order chi connectivity index (χ1) is 26.7. The Balaban J connectivity index is 1.32. The lowest BCUT2D eigenvalue weighted by molar-refractivity contribution is -0.117. The SMILES string of the molecule is CCCCCCCCS(=O)(=O)Nc1ccc(-c2nc3c(=C4C(=O)C(c5ccc(N(CC)CC)cc5NC(=O)CC5CCCC5)=C4O)c(C(C)(C)C)nn3n2)cc1. The molecule has 0 radical (unpaired) electrons. The molecule has 2 aromatic heterocycles. The number of carbonyl (C=O) groups excluding carboxylic acids is 2. The van der Waals surface area contributed by atoms with Crippen LogP contribution in [0, 0.1) is 5.92 Å². The maximum Gasteiger partial charge on any atom is 0.232 e. The predicted octanol–water partition coefficient (Wildman–Crippen LogP) is 7.98. The number of sulfonamides is 1. The van der Waals surface area contributed by atoms with Gasteiger partial charge in [-0.25, -0.2) is 13.4 Å². The van der Waals surface area contributed by atoms with Crippen molar-refractivity contribution in [2.24, 2.45) is 5.92 Å². The fourth-order valence-electron chi connectivity index (χ4n) is 7.85. The van der Waals surface area contributed by atoms with Gasteiger partial charge in [0.05, 0.1) is 33.5 Å². The molecule has 1 saturated carbocycles. The molecule has 2 heterocycles. The van der Waals surface area contributed by atoms with Crippen molar-refractivity contribution in [1.82, 2.24) is 19.8 Å². The highest BCUT2D eigenvalue weighted by Crippen LogP contribution is 2.42. The summed E-state index contributed by atoms with van der Waals surface area (Å²) in [6.07, 6.45) is 10.8. The number of nitrogens with zero attached hydrogens (tertiary/aromatic N) is 5. The number of amides is 1. The molecule has 12 nitrogen and oxygen atoms in total. The average molecular weight is 784 g/mol. The van der Waals surface area contributed by atoms with E-state index >= 15 is 0 Å². The second-order valence-electron chi connectivity index (χ2n) is 16.2. The number of aliphatic hydroxyl groups excluding tert-OH is 1. The summed E-state index contributed by atoms with van der Waals surface area (Å²) in [6, 6.07) is 12.4. The van der Waals surface area contributed by atoms with E-state index < -0.39 is 15.4 Å². The van der Waals surface area contributed by atoms with E-state index in [1.165, 1.54) is 11.1 Å². The van der Waals surface area contributed by atoms with Crippen molar-refractivity contribution in [3.63, 3.8) is 0 Å². The molecule has 1 amide bonds. The number of nitrogens with one attached hydrogen (secondary N) is 2. The highest BCUT2D eigenvalue weighted by Gasteiger charge is 2.40. The van der Waals surface area contributed by atoms with E-state index in [4.69, 9.17) is 10.1 Å². The van der Waals surface area contributed by atoms with Gasteiger partial charge < -0.3 is 15.3 Å². The molecule has 0 aliphatic heterocycles. The molecule has 300 valence electrons. The van der Waals surface area contributed by atoms with E-state index in [-0.39, 0.29) is 34.3 Å². The molecule has 2 aliphatic carbocycles. The summed E-state index contributed by atoms with van der Waals surface area (Å²) in [4.78, 5) is 34.5. The minimum absolute atomic E-state index is 0.0709. The fraction of sp³-hybridized carbons (Fsp3) is 0.512. The minimum Gasteiger partial charge on any atom is -0.506 e. The molecule has 2 aromatic carbocycles. The van der Waals surface area contributed by atoms with Crippen LogP contribution in [0.4, 0.5) is 17.1 Å². The lowest BCUT2D eigenvalue weighted by Gasteiger charge is -2.27. The molecule has 0 spiro atoms. The Hall–Kier alpha value is -4.78. The van der Waals surface area contributed by atoms with Gasteiger partial charge in [0.25, 0.3) is 0 Å². The Morgan fingerprint density at radius 3 is 2.25 bits per heavy atom. The van der Waals surface area contributed by atoms with Gasteiger partial charge in [-0.2, -0.15) is 5.10 Å². The molecule has 0 bridgehead atoms. The Morgan fingerprint density at radius 2 is 1.61 bits per heavy atom. The van der Waals surface area contributed by atoms with Crippen molar-refractivity contribution in [2.75, 3.05) is 33.8 Å². The number of hydrogen-bond donors (Lipinski definition) is 3. The number of unbranched alkanes of at least 4 members (excludes halogenated alkanes) is 5. The number of fused-ring (bicyclic) bond motifs is 1. The summed E-state index contributed by atoms with van der Waals surface area (Å²) in [7, 11) is -3.49. The topological polar surface area (TPSA) is 159 Å². The number of Topliss-reactive ketones (excluding diaryl/α,β-unsaturated/α-hetero) is 1. The van der Waals surface area contributed by atoms with Gasteiger partial charge in [-0.1, -0.05) is 72.6 Å². The van der Waals surface area contributed by atoms with E-state index in [0.717, 1.165) is 70.1 Å². The number of benzene rings is 2. The zero-order valence-electron chi connectivity index (χ0n) is 33.7. The van der Waals surface area contributed by atoms with Crippen LogP contribution in [0.2, 0.25) is 0 Å². The minimum atomic E-state index is -3.49. The zero-order chi connectivity index (χ0) is 40.2. The van der Waals surface area contributed by atoms with Crippen molar-refractivity contribution in [3.8, 4) is 11.4 Å². The van der Waals surface area contributed by atoms with Crippen molar-refractivity contribution < 1.29 is 23.1 Å². The van der Waals surface area contributed by atoms with Gasteiger partial charge in [0.2, 0.25) is 21.7 Å². The largest absolute Gasteiger partial charge is 0.506 e. The summed E-state index contributed by atoms with van der Waals surface area (Å²) >= 11 is 0. The van der Waals surface area contributed by atoms with E-state index in [9.17, 15) is 23.1 Å². The van der Waals surface area contributed by atoms with Gasteiger partial charge >= 0.3 is 0 Å². The Labute approximate surface area is 330 Å². The summed E-state index contributed by atoms with van der Waals surface area (Å²) in [5, 5.41) is 24.7. The molecule has 0 unspecified atom stereocenters. The fourth-order valence-corrected chi connectivity index (χ4v) is 9.03. The summed E-state index contributed by atoms with van der Waals surface area (Å²) in [5.74, 6) is 0.111. The number of aromatic nitrogens is 4. The van der Waals surface area contributed by atoms with E-state index in [1.807, 2.05) is 32.9 Å². The van der Waals surface area contributed by atoms with Gasteiger partial charge in [0.1, 0.15) is 5.76 Å². The van der Waals surface area contributed by atoms with Crippen LogP contribution in [0.25, 0.3) is 28.2 Å². The maximum atomic E-state index is 14.3. The number of allylic oxidation sites excluding steroid dienone is 2. The lowest BCUT2D eigenvalue weighted by atomic mass is 9.79. The highest BCUT2D eigenvalue weighted by atomic mass is 32.2. The van der Waals surface area contributed by atoms with Gasteiger partial charge in [-0.05, 0) is 81.5 Å². The van der Waals surface area contributed by atoms with Crippen molar-refractivity contribution in [2.45, 2.75) is 118 Å². The molecule has 6 rings (SSSR count). The van der Waals surface area contributed by atoms with Crippen LogP contribution in [-0.2, 0) is 25.0 Å². The van der Waals surface area contributed by atoms with Gasteiger partial charge in [0.15, 0.2) is 11.5 Å². The zero-order valence-corrected chi connectivity index (χ0v) is 34.6. The first kappa shape index (κ1) is 40.9. The number of hydrogen-bond acceptors (Lipinski definition) is 9.